The molecule has 1 amide bonds. The molecule has 4 aromatic rings. The molecule has 42 heavy (non-hydrogen) atoms. The van der Waals surface area contributed by atoms with Gasteiger partial charge in [0.1, 0.15) is 17.3 Å². The Morgan fingerprint density at radius 3 is 2.45 bits per heavy atom. The van der Waals surface area contributed by atoms with E-state index in [-0.39, 0.29) is 16.8 Å². The number of nitrogens with one attached hydrogen (secondary N) is 1. The number of carbonyl (C=O) groups is 3. The SMILES string of the molecule is O=C(c1cccc([N+](=O)[O-])c1)[C@@H]1[C@H](C(=O)c2ccccc2F)[C@]2(C(=O)Nc3ccccc32)[C@@H]2C=Cc3ccccc3N12. The summed E-state index contributed by atoms with van der Waals surface area (Å²) in [6.45, 7) is 0. The number of benzene rings is 4. The molecule has 0 unspecified atom stereocenters. The van der Waals surface area contributed by atoms with Crippen LogP contribution in [-0.2, 0) is 10.2 Å². The predicted molar refractivity (Wildman–Crippen MR) is 154 cm³/mol. The number of para-hydroxylation sites is 2. The Morgan fingerprint density at radius 2 is 1.64 bits per heavy atom. The van der Waals surface area contributed by atoms with Crippen LogP contribution < -0.4 is 10.2 Å². The fourth-order valence-electron chi connectivity index (χ4n) is 6.89. The van der Waals surface area contributed by atoms with Crippen molar-refractivity contribution < 1.29 is 23.7 Å². The van der Waals surface area contributed by atoms with Crippen molar-refractivity contribution in [3.8, 4) is 0 Å². The molecule has 3 aliphatic rings. The van der Waals surface area contributed by atoms with Crippen LogP contribution in [0, 0.1) is 21.8 Å². The Balaban J connectivity index is 1.54. The van der Waals surface area contributed by atoms with E-state index < -0.39 is 51.6 Å². The molecule has 4 aromatic carbocycles. The molecule has 7 rings (SSSR count). The summed E-state index contributed by atoms with van der Waals surface area (Å²) in [5, 5.41) is 14.5. The van der Waals surface area contributed by atoms with Crippen molar-refractivity contribution in [2.75, 3.05) is 10.2 Å². The fourth-order valence-corrected chi connectivity index (χ4v) is 6.89. The van der Waals surface area contributed by atoms with Crippen molar-refractivity contribution >= 4 is 40.6 Å². The summed E-state index contributed by atoms with van der Waals surface area (Å²) in [4.78, 5) is 56.3. The van der Waals surface area contributed by atoms with Gasteiger partial charge in [0.05, 0.1) is 22.4 Å². The maximum atomic E-state index is 15.3. The molecule has 0 radical (unpaired) electrons. The number of halogens is 1. The van der Waals surface area contributed by atoms with Gasteiger partial charge < -0.3 is 10.2 Å². The van der Waals surface area contributed by atoms with Crippen molar-refractivity contribution in [3.05, 3.63) is 141 Å². The Kier molecular flexibility index (Phi) is 5.65. The number of ketones is 2. The highest BCUT2D eigenvalue weighted by Gasteiger charge is 2.70. The summed E-state index contributed by atoms with van der Waals surface area (Å²) >= 11 is 0. The predicted octanol–water partition coefficient (Wildman–Crippen LogP) is 5.59. The summed E-state index contributed by atoms with van der Waals surface area (Å²) < 4.78 is 15.3. The quantitative estimate of drug-likeness (QED) is 0.194. The molecule has 0 aromatic heterocycles. The number of nitrogens with zero attached hydrogens (tertiary/aromatic N) is 2. The standard InChI is InChI=1S/C33H22FN3O5/c34-24-13-4-2-11-22(24)31(39)28-29(30(38)20-9-7-10-21(18-20)37(41)42)36-26-15-6-1-8-19(26)16-17-27(36)33(28)23-12-3-5-14-25(23)35-32(33)40/h1-18,27-29H,(H,35,40)/t27-,28+,29-,33+/m0/s1. The summed E-state index contributed by atoms with van der Waals surface area (Å²) in [5.74, 6) is -3.93. The Bertz CT molecular complexity index is 1870. The maximum absolute atomic E-state index is 15.3. The largest absolute Gasteiger partial charge is 0.352 e. The molecule has 8 nitrogen and oxygen atoms in total. The van der Waals surface area contributed by atoms with Crippen LogP contribution in [0.15, 0.2) is 103 Å². The average Bonchev–Trinajstić information content (AvgIpc) is 3.49. The summed E-state index contributed by atoms with van der Waals surface area (Å²) in [7, 11) is 0. The zero-order valence-corrected chi connectivity index (χ0v) is 21.9. The van der Waals surface area contributed by atoms with E-state index in [1.54, 1.807) is 35.2 Å². The number of fused-ring (bicyclic) bond motifs is 6. The third-order valence-corrected chi connectivity index (χ3v) is 8.57. The number of amides is 1. The highest BCUT2D eigenvalue weighted by Crippen LogP contribution is 2.58. The van der Waals surface area contributed by atoms with Gasteiger partial charge in [-0.2, -0.15) is 0 Å². The molecule has 0 aliphatic carbocycles. The number of Topliss-reactive ketones (excluding diaryl/α,β-unsaturated/α-hetero) is 2. The van der Waals surface area contributed by atoms with Gasteiger partial charge in [0.25, 0.3) is 5.69 Å². The van der Waals surface area contributed by atoms with Crippen molar-refractivity contribution in [1.82, 2.24) is 0 Å². The highest BCUT2D eigenvalue weighted by molar-refractivity contribution is 6.18. The molecule has 4 atom stereocenters. The summed E-state index contributed by atoms with van der Waals surface area (Å²) in [6.07, 6.45) is 3.67. The van der Waals surface area contributed by atoms with E-state index in [9.17, 15) is 24.5 Å². The first-order valence-electron chi connectivity index (χ1n) is 13.4. The Labute approximate surface area is 239 Å². The maximum Gasteiger partial charge on any atom is 0.270 e. The van der Waals surface area contributed by atoms with E-state index in [4.69, 9.17) is 0 Å². The van der Waals surface area contributed by atoms with E-state index >= 15 is 4.39 Å². The Morgan fingerprint density at radius 1 is 0.905 bits per heavy atom. The van der Waals surface area contributed by atoms with E-state index in [0.717, 1.165) is 11.6 Å². The van der Waals surface area contributed by atoms with E-state index in [1.165, 1.54) is 42.5 Å². The van der Waals surface area contributed by atoms with Crippen molar-refractivity contribution in [2.45, 2.75) is 17.5 Å². The third-order valence-electron chi connectivity index (χ3n) is 8.57. The molecule has 1 spiro atoms. The monoisotopic (exact) mass is 559 g/mol. The lowest BCUT2D eigenvalue weighted by atomic mass is 9.64. The van der Waals surface area contributed by atoms with Gasteiger partial charge in [-0.15, -0.1) is 0 Å². The minimum absolute atomic E-state index is 0.00931. The zero-order chi connectivity index (χ0) is 29.2. The minimum atomic E-state index is -1.61. The number of anilines is 2. The van der Waals surface area contributed by atoms with Gasteiger partial charge in [0, 0.05) is 29.1 Å². The van der Waals surface area contributed by atoms with Crippen molar-refractivity contribution in [2.24, 2.45) is 5.92 Å². The number of carbonyl (C=O) groups excluding carboxylic acids is 3. The molecule has 9 heteroatoms. The Hall–Kier alpha value is -5.44. The van der Waals surface area contributed by atoms with Crippen LogP contribution in [0.3, 0.4) is 0 Å². The van der Waals surface area contributed by atoms with Gasteiger partial charge in [-0.05, 0) is 35.4 Å². The van der Waals surface area contributed by atoms with Crippen LogP contribution in [0.5, 0.6) is 0 Å². The lowest BCUT2D eigenvalue weighted by Gasteiger charge is -2.37. The van der Waals surface area contributed by atoms with Gasteiger partial charge in [-0.25, -0.2) is 4.39 Å². The molecule has 1 N–H and O–H groups in total. The molecule has 3 aliphatic heterocycles. The van der Waals surface area contributed by atoms with Crippen LogP contribution in [0.25, 0.3) is 6.08 Å². The minimum Gasteiger partial charge on any atom is -0.352 e. The van der Waals surface area contributed by atoms with Crippen LogP contribution in [0.2, 0.25) is 0 Å². The smallest absolute Gasteiger partial charge is 0.270 e. The van der Waals surface area contributed by atoms with Crippen LogP contribution >= 0.6 is 0 Å². The highest BCUT2D eigenvalue weighted by atomic mass is 19.1. The number of nitro benzene ring substituents is 1. The van der Waals surface area contributed by atoms with Gasteiger partial charge in [0.15, 0.2) is 11.6 Å². The summed E-state index contributed by atoms with van der Waals surface area (Å²) in [6, 6.07) is 23.0. The number of hydrogen-bond donors (Lipinski definition) is 1. The first kappa shape index (κ1) is 25.5. The normalized spacial score (nSPS) is 23.2. The van der Waals surface area contributed by atoms with Crippen molar-refractivity contribution in [3.63, 3.8) is 0 Å². The molecule has 0 bridgehead atoms. The van der Waals surface area contributed by atoms with Crippen LogP contribution in [0.1, 0.15) is 31.8 Å². The second-order valence-electron chi connectivity index (χ2n) is 10.6. The van der Waals surface area contributed by atoms with E-state index in [1.807, 2.05) is 30.4 Å². The fraction of sp³-hybridized carbons (Fsp3) is 0.121. The lowest BCUT2D eigenvalue weighted by molar-refractivity contribution is -0.384. The molecule has 3 heterocycles. The third kappa shape index (κ3) is 3.43. The average molecular weight is 560 g/mol. The first-order chi connectivity index (χ1) is 20.3. The molecule has 206 valence electrons. The topological polar surface area (TPSA) is 110 Å². The number of non-ortho nitro benzene ring substituents is 1. The number of nitro groups is 1. The van der Waals surface area contributed by atoms with Crippen LogP contribution in [-0.4, -0.2) is 34.5 Å². The molecular formula is C33H22FN3O5. The molecule has 0 saturated carbocycles. The van der Waals surface area contributed by atoms with Crippen molar-refractivity contribution in [1.29, 1.82) is 0 Å². The first-order valence-corrected chi connectivity index (χ1v) is 13.4. The van der Waals surface area contributed by atoms with Crippen LogP contribution in [0.4, 0.5) is 21.5 Å². The second kappa shape index (κ2) is 9.31. The van der Waals surface area contributed by atoms with E-state index in [2.05, 4.69) is 5.32 Å². The lowest BCUT2D eigenvalue weighted by Crippen LogP contribution is -2.51. The number of rotatable bonds is 5. The molecular weight excluding hydrogens is 537 g/mol. The van der Waals surface area contributed by atoms with E-state index in [0.29, 0.717) is 16.9 Å². The van der Waals surface area contributed by atoms with Gasteiger partial charge in [-0.1, -0.05) is 72.8 Å². The van der Waals surface area contributed by atoms with Gasteiger partial charge in [-0.3, -0.25) is 24.5 Å². The van der Waals surface area contributed by atoms with Gasteiger partial charge in [0.2, 0.25) is 5.91 Å². The molecule has 1 saturated heterocycles. The number of hydrogen-bond acceptors (Lipinski definition) is 6. The van der Waals surface area contributed by atoms with Gasteiger partial charge >= 0.3 is 0 Å². The zero-order valence-electron chi connectivity index (χ0n) is 21.9. The summed E-state index contributed by atoms with van der Waals surface area (Å²) in [5.41, 5.74) is 0.289. The molecule has 1 fully saturated rings. The second-order valence-corrected chi connectivity index (χ2v) is 10.6.